The van der Waals surface area contributed by atoms with E-state index in [0.29, 0.717) is 0 Å². The zero-order valence-electron chi connectivity index (χ0n) is 18.7. The maximum absolute atomic E-state index is 12.7. The molecule has 0 bridgehead atoms. The minimum absolute atomic E-state index is 0.0424. The molecule has 1 aromatic carbocycles. The second-order valence-corrected chi connectivity index (χ2v) is 8.08. The lowest BCUT2D eigenvalue weighted by Crippen LogP contribution is -2.58. The predicted octanol–water partition coefficient (Wildman–Crippen LogP) is 2.13. The number of aliphatic carboxylic acids is 1. The van der Waals surface area contributed by atoms with Crippen LogP contribution in [-0.4, -0.2) is 64.8 Å². The van der Waals surface area contributed by atoms with Crippen LogP contribution in [0.5, 0.6) is 0 Å². The van der Waals surface area contributed by atoms with Crippen molar-refractivity contribution in [1.82, 2.24) is 15.5 Å². The Morgan fingerprint density at radius 1 is 1.03 bits per heavy atom. The molecule has 0 heterocycles. The molecule has 0 aliphatic heterocycles. The highest BCUT2D eigenvalue weighted by Crippen LogP contribution is 2.10. The number of benzene rings is 1. The smallest absolute Gasteiger partial charge is 0.408 e. The van der Waals surface area contributed by atoms with Crippen LogP contribution < -0.4 is 10.6 Å². The van der Waals surface area contributed by atoms with E-state index in [9.17, 15) is 24.3 Å². The van der Waals surface area contributed by atoms with Crippen molar-refractivity contribution >= 4 is 24.1 Å². The van der Waals surface area contributed by atoms with Gasteiger partial charge in [-0.25, -0.2) is 14.4 Å². The van der Waals surface area contributed by atoms with Crippen molar-refractivity contribution in [2.45, 2.75) is 65.0 Å². The van der Waals surface area contributed by atoms with Crippen molar-refractivity contribution in [3.63, 3.8) is 0 Å². The van der Waals surface area contributed by atoms with Crippen molar-refractivity contribution in [2.24, 2.45) is 0 Å². The first-order chi connectivity index (χ1) is 14.3. The molecule has 31 heavy (non-hydrogen) atoms. The number of ether oxygens (including phenoxy) is 2. The van der Waals surface area contributed by atoms with E-state index in [2.05, 4.69) is 10.6 Å². The number of carboxylic acids is 1. The van der Waals surface area contributed by atoms with E-state index in [1.807, 2.05) is 18.2 Å². The fourth-order valence-corrected chi connectivity index (χ4v) is 2.56. The first-order valence-electron chi connectivity index (χ1n) is 9.78. The van der Waals surface area contributed by atoms with Gasteiger partial charge in [0, 0.05) is 7.05 Å². The van der Waals surface area contributed by atoms with Crippen molar-refractivity contribution in [3.05, 3.63) is 35.9 Å². The summed E-state index contributed by atoms with van der Waals surface area (Å²) in [4.78, 5) is 49.4. The molecule has 0 unspecified atom stereocenters. The highest BCUT2D eigenvalue weighted by Gasteiger charge is 2.34. The standard InChI is InChI=1S/C21H31N3O7/c1-13(22-19(28)30-12-15-10-8-7-9-11-15)17(25)24(6)14(2)16(18(26)27)23-20(29)31-21(3,4)5/h7-11,13-14,16H,12H2,1-6H3,(H,22,28)(H,23,29)(H,26,27)/t13-,14-,16-/m0/s1. The van der Waals surface area contributed by atoms with E-state index in [4.69, 9.17) is 9.47 Å². The average molecular weight is 437 g/mol. The Labute approximate surface area is 181 Å². The summed E-state index contributed by atoms with van der Waals surface area (Å²) in [7, 11) is 1.38. The minimum Gasteiger partial charge on any atom is -0.480 e. The van der Waals surface area contributed by atoms with Gasteiger partial charge in [-0.2, -0.15) is 0 Å². The van der Waals surface area contributed by atoms with Crippen LogP contribution in [0, 0.1) is 0 Å². The highest BCUT2D eigenvalue weighted by molar-refractivity contribution is 5.87. The van der Waals surface area contributed by atoms with Crippen LogP contribution in [0.25, 0.3) is 0 Å². The van der Waals surface area contributed by atoms with Crippen LogP contribution in [0.4, 0.5) is 9.59 Å². The van der Waals surface area contributed by atoms with Crippen LogP contribution in [0.15, 0.2) is 30.3 Å². The fraction of sp³-hybridized carbons (Fsp3) is 0.524. The van der Waals surface area contributed by atoms with Crippen molar-refractivity contribution in [1.29, 1.82) is 0 Å². The van der Waals surface area contributed by atoms with E-state index in [1.165, 1.54) is 20.9 Å². The van der Waals surface area contributed by atoms with Gasteiger partial charge in [0.1, 0.15) is 24.3 Å². The molecule has 1 rings (SSSR count). The molecule has 0 aromatic heterocycles. The van der Waals surface area contributed by atoms with E-state index < -0.39 is 47.8 Å². The summed E-state index contributed by atoms with van der Waals surface area (Å²) in [5, 5.41) is 14.2. The summed E-state index contributed by atoms with van der Waals surface area (Å²) in [6.07, 6.45) is -1.70. The zero-order valence-corrected chi connectivity index (χ0v) is 18.7. The molecule has 3 N–H and O–H groups in total. The molecule has 0 aliphatic rings. The summed E-state index contributed by atoms with van der Waals surface area (Å²) in [6, 6.07) is 5.72. The van der Waals surface area contributed by atoms with Gasteiger partial charge in [-0.05, 0) is 40.2 Å². The summed E-state index contributed by atoms with van der Waals surface area (Å²) < 4.78 is 10.2. The van der Waals surface area contributed by atoms with Gasteiger partial charge in [0.05, 0.1) is 6.04 Å². The lowest BCUT2D eigenvalue weighted by molar-refractivity contribution is -0.143. The molecule has 1 aromatic rings. The molecular formula is C21H31N3O7. The number of carbonyl (C=O) groups is 4. The van der Waals surface area contributed by atoms with Crippen LogP contribution in [-0.2, 0) is 25.7 Å². The van der Waals surface area contributed by atoms with E-state index in [-0.39, 0.29) is 6.61 Å². The molecule has 172 valence electrons. The molecule has 10 nitrogen and oxygen atoms in total. The summed E-state index contributed by atoms with van der Waals surface area (Å²) in [5.74, 6) is -1.89. The topological polar surface area (TPSA) is 134 Å². The Balaban J connectivity index is 2.67. The van der Waals surface area contributed by atoms with Crippen LogP contribution >= 0.6 is 0 Å². The molecule has 0 aliphatic carbocycles. The average Bonchev–Trinajstić information content (AvgIpc) is 2.68. The zero-order chi connectivity index (χ0) is 23.8. The van der Waals surface area contributed by atoms with Crippen molar-refractivity contribution < 1.29 is 33.8 Å². The van der Waals surface area contributed by atoms with Gasteiger partial charge in [0.25, 0.3) is 0 Å². The number of likely N-dealkylation sites (N-methyl/N-ethyl adjacent to an activating group) is 1. The van der Waals surface area contributed by atoms with Gasteiger partial charge in [-0.15, -0.1) is 0 Å². The third-order valence-corrected chi connectivity index (χ3v) is 4.30. The summed E-state index contributed by atoms with van der Waals surface area (Å²) in [6.45, 7) is 7.89. The summed E-state index contributed by atoms with van der Waals surface area (Å²) in [5.41, 5.74) is -0.0173. The second-order valence-electron chi connectivity index (χ2n) is 8.08. The Morgan fingerprint density at radius 2 is 1.61 bits per heavy atom. The molecular weight excluding hydrogens is 406 g/mol. The SMILES string of the molecule is C[C@H](NC(=O)OCc1ccccc1)C(=O)N(C)[C@@H](C)[C@H](NC(=O)OC(C)(C)C)C(=O)O. The molecule has 10 heteroatoms. The maximum atomic E-state index is 12.7. The van der Waals surface area contributed by atoms with Gasteiger partial charge >= 0.3 is 18.2 Å². The van der Waals surface area contributed by atoms with E-state index >= 15 is 0 Å². The number of hydrogen-bond donors (Lipinski definition) is 3. The Bertz CT molecular complexity index is 777. The molecule has 3 atom stereocenters. The highest BCUT2D eigenvalue weighted by atomic mass is 16.6. The van der Waals surface area contributed by atoms with Crippen molar-refractivity contribution in [2.75, 3.05) is 7.05 Å². The Kier molecular flexibility index (Phi) is 9.29. The third kappa shape index (κ3) is 8.93. The third-order valence-electron chi connectivity index (χ3n) is 4.30. The van der Waals surface area contributed by atoms with E-state index in [0.717, 1.165) is 10.5 Å². The van der Waals surface area contributed by atoms with Gasteiger partial charge in [-0.1, -0.05) is 30.3 Å². The van der Waals surface area contributed by atoms with Gasteiger partial charge in [0.2, 0.25) is 5.91 Å². The number of nitrogens with zero attached hydrogens (tertiary/aromatic N) is 1. The summed E-state index contributed by atoms with van der Waals surface area (Å²) >= 11 is 0. The largest absolute Gasteiger partial charge is 0.480 e. The first-order valence-corrected chi connectivity index (χ1v) is 9.78. The van der Waals surface area contributed by atoms with Crippen molar-refractivity contribution in [3.8, 4) is 0 Å². The Hall–Kier alpha value is -3.30. The Morgan fingerprint density at radius 3 is 2.13 bits per heavy atom. The number of alkyl carbamates (subject to hydrolysis) is 2. The van der Waals surface area contributed by atoms with Gasteiger partial charge in [-0.3, -0.25) is 4.79 Å². The molecule has 3 amide bonds. The van der Waals surface area contributed by atoms with Crippen LogP contribution in [0.2, 0.25) is 0 Å². The fourth-order valence-electron chi connectivity index (χ4n) is 2.56. The minimum atomic E-state index is -1.42. The van der Waals surface area contributed by atoms with Crippen LogP contribution in [0.1, 0.15) is 40.2 Å². The number of nitrogens with one attached hydrogen (secondary N) is 2. The number of carboxylic acid groups (broad SMARTS) is 1. The molecule has 0 spiro atoms. The predicted molar refractivity (Wildman–Crippen MR) is 112 cm³/mol. The number of rotatable bonds is 8. The number of amides is 3. The first kappa shape index (κ1) is 25.7. The normalized spacial score (nSPS) is 13.9. The molecule has 0 saturated carbocycles. The molecule has 0 radical (unpaired) electrons. The molecule has 0 fully saturated rings. The lowest BCUT2D eigenvalue weighted by atomic mass is 10.1. The maximum Gasteiger partial charge on any atom is 0.408 e. The van der Waals surface area contributed by atoms with Gasteiger partial charge in [0.15, 0.2) is 0 Å². The quantitative estimate of drug-likeness (QED) is 0.567. The molecule has 0 saturated heterocycles. The van der Waals surface area contributed by atoms with E-state index in [1.54, 1.807) is 32.9 Å². The lowest BCUT2D eigenvalue weighted by Gasteiger charge is -2.32. The second kappa shape index (κ2) is 11.2. The monoisotopic (exact) mass is 437 g/mol. The van der Waals surface area contributed by atoms with Crippen LogP contribution in [0.3, 0.4) is 0 Å². The van der Waals surface area contributed by atoms with Gasteiger partial charge < -0.3 is 30.1 Å². The number of hydrogen-bond acceptors (Lipinski definition) is 6. The number of carbonyl (C=O) groups excluding carboxylic acids is 3.